The van der Waals surface area contributed by atoms with Gasteiger partial charge in [0.15, 0.2) is 0 Å². The maximum atomic E-state index is 4.00. The van der Waals surface area contributed by atoms with Crippen LogP contribution < -0.4 is 0 Å². The lowest BCUT2D eigenvalue weighted by molar-refractivity contribution is 1.79. The number of hydrogen-bond acceptors (Lipinski definition) is 1. The second kappa shape index (κ2) is 4.68. The molecule has 0 aliphatic heterocycles. The SMILES string of the molecule is C=Cc1cc2sc3c4ccccc4ccc3c2c2ccccc12. The molecule has 0 aliphatic rings. The van der Waals surface area contributed by atoms with Crippen LogP contribution in [0, 0.1) is 0 Å². The normalized spacial score (nSPS) is 11.7. The van der Waals surface area contributed by atoms with Crippen LogP contribution >= 0.6 is 11.3 Å². The van der Waals surface area contributed by atoms with Crippen molar-refractivity contribution in [1.82, 2.24) is 0 Å². The van der Waals surface area contributed by atoms with Crippen LogP contribution in [0.1, 0.15) is 5.56 Å². The van der Waals surface area contributed by atoms with Gasteiger partial charge in [0.25, 0.3) is 0 Å². The minimum atomic E-state index is 1.21. The minimum Gasteiger partial charge on any atom is -0.134 e. The standard InChI is InChI=1S/C22H14S/c1-2-14-13-20-21(18-10-6-5-8-16(14)18)19-12-11-15-7-3-4-9-17(15)22(19)23-20/h2-13H,1H2. The van der Waals surface area contributed by atoms with Crippen molar-refractivity contribution in [3.8, 4) is 0 Å². The molecule has 23 heavy (non-hydrogen) atoms. The van der Waals surface area contributed by atoms with E-state index in [2.05, 4.69) is 73.3 Å². The Morgan fingerprint density at radius 1 is 0.739 bits per heavy atom. The quantitative estimate of drug-likeness (QED) is 0.312. The summed E-state index contributed by atoms with van der Waals surface area (Å²) in [6.07, 6.45) is 1.96. The summed E-state index contributed by atoms with van der Waals surface area (Å²) in [5, 5.41) is 7.98. The Morgan fingerprint density at radius 2 is 1.48 bits per heavy atom. The first-order chi connectivity index (χ1) is 11.4. The monoisotopic (exact) mass is 310 g/mol. The Hall–Kier alpha value is -2.64. The third kappa shape index (κ3) is 1.71. The molecule has 5 aromatic rings. The van der Waals surface area contributed by atoms with Crippen LogP contribution in [-0.2, 0) is 0 Å². The first kappa shape index (κ1) is 12.9. The van der Waals surface area contributed by atoms with Gasteiger partial charge in [-0.05, 0) is 33.2 Å². The lowest BCUT2D eigenvalue weighted by atomic mass is 9.98. The molecule has 1 heterocycles. The van der Waals surface area contributed by atoms with E-state index in [1.165, 1.54) is 47.3 Å². The molecule has 1 heteroatoms. The van der Waals surface area contributed by atoms with Gasteiger partial charge in [0.1, 0.15) is 0 Å². The average molecular weight is 310 g/mol. The number of benzene rings is 4. The number of rotatable bonds is 1. The molecule has 0 aliphatic carbocycles. The van der Waals surface area contributed by atoms with Crippen molar-refractivity contribution in [2.45, 2.75) is 0 Å². The van der Waals surface area contributed by atoms with Crippen molar-refractivity contribution in [2.75, 3.05) is 0 Å². The van der Waals surface area contributed by atoms with Crippen molar-refractivity contribution in [1.29, 1.82) is 0 Å². The maximum absolute atomic E-state index is 4.00. The van der Waals surface area contributed by atoms with E-state index in [9.17, 15) is 0 Å². The molecule has 0 radical (unpaired) electrons. The van der Waals surface area contributed by atoms with Crippen LogP contribution in [0.4, 0.5) is 0 Å². The molecular formula is C22H14S. The highest BCUT2D eigenvalue weighted by atomic mass is 32.1. The highest BCUT2D eigenvalue weighted by Crippen LogP contribution is 2.42. The molecule has 4 aromatic carbocycles. The summed E-state index contributed by atoms with van der Waals surface area (Å²) in [5.74, 6) is 0. The van der Waals surface area contributed by atoms with Gasteiger partial charge in [-0.2, -0.15) is 0 Å². The van der Waals surface area contributed by atoms with E-state index in [1.807, 2.05) is 17.4 Å². The fraction of sp³-hybridized carbons (Fsp3) is 0. The molecule has 1 aromatic heterocycles. The van der Waals surface area contributed by atoms with Crippen LogP contribution in [0.5, 0.6) is 0 Å². The van der Waals surface area contributed by atoms with E-state index in [0.717, 1.165) is 0 Å². The zero-order valence-corrected chi connectivity index (χ0v) is 13.4. The molecule has 0 saturated heterocycles. The summed E-state index contributed by atoms with van der Waals surface area (Å²) < 4.78 is 2.72. The molecule has 0 amide bonds. The Morgan fingerprint density at radius 3 is 2.30 bits per heavy atom. The molecular weight excluding hydrogens is 296 g/mol. The molecule has 0 nitrogen and oxygen atoms in total. The molecule has 0 fully saturated rings. The van der Waals surface area contributed by atoms with Gasteiger partial charge in [-0.15, -0.1) is 11.3 Å². The molecule has 5 rings (SSSR count). The summed E-state index contributed by atoms with van der Waals surface area (Å²) in [4.78, 5) is 0. The van der Waals surface area contributed by atoms with Crippen LogP contribution in [0.25, 0.3) is 47.8 Å². The summed E-state index contributed by atoms with van der Waals surface area (Å²) in [5.41, 5.74) is 1.21. The summed E-state index contributed by atoms with van der Waals surface area (Å²) in [6.45, 7) is 4.00. The van der Waals surface area contributed by atoms with E-state index in [0.29, 0.717) is 0 Å². The number of hydrogen-bond donors (Lipinski definition) is 0. The van der Waals surface area contributed by atoms with E-state index < -0.39 is 0 Å². The van der Waals surface area contributed by atoms with Crippen molar-refractivity contribution in [3.05, 3.63) is 78.9 Å². The van der Waals surface area contributed by atoms with E-state index in [4.69, 9.17) is 0 Å². The summed E-state index contributed by atoms with van der Waals surface area (Å²) >= 11 is 1.89. The third-order valence-electron chi connectivity index (χ3n) is 4.62. The van der Waals surface area contributed by atoms with Gasteiger partial charge in [-0.25, -0.2) is 0 Å². The van der Waals surface area contributed by atoms with Crippen molar-refractivity contribution < 1.29 is 0 Å². The van der Waals surface area contributed by atoms with Crippen LogP contribution in [0.2, 0.25) is 0 Å². The van der Waals surface area contributed by atoms with Gasteiger partial charge >= 0.3 is 0 Å². The number of thiophene rings is 1. The van der Waals surface area contributed by atoms with Crippen molar-refractivity contribution in [2.24, 2.45) is 0 Å². The first-order valence-electron chi connectivity index (χ1n) is 7.75. The van der Waals surface area contributed by atoms with E-state index >= 15 is 0 Å². The van der Waals surface area contributed by atoms with Crippen LogP contribution in [0.3, 0.4) is 0 Å². The Kier molecular flexibility index (Phi) is 2.61. The van der Waals surface area contributed by atoms with Crippen molar-refractivity contribution in [3.63, 3.8) is 0 Å². The van der Waals surface area contributed by atoms with Gasteiger partial charge < -0.3 is 0 Å². The molecule has 108 valence electrons. The van der Waals surface area contributed by atoms with Gasteiger partial charge in [-0.1, -0.05) is 73.3 Å². The second-order valence-electron chi connectivity index (χ2n) is 5.85. The average Bonchev–Trinajstić information content (AvgIpc) is 3.00. The lowest BCUT2D eigenvalue weighted by Gasteiger charge is -2.05. The predicted molar refractivity (Wildman–Crippen MR) is 104 cm³/mol. The second-order valence-corrected chi connectivity index (χ2v) is 6.91. The number of fused-ring (bicyclic) bond motifs is 7. The minimum absolute atomic E-state index is 1.21. The Balaban J connectivity index is 2.11. The maximum Gasteiger partial charge on any atom is 0.0434 e. The topological polar surface area (TPSA) is 0 Å². The molecule has 0 spiro atoms. The zero-order chi connectivity index (χ0) is 15.4. The summed E-state index contributed by atoms with van der Waals surface area (Å²) in [7, 11) is 0. The smallest absolute Gasteiger partial charge is 0.0434 e. The fourth-order valence-corrected chi connectivity index (χ4v) is 4.87. The van der Waals surface area contributed by atoms with Gasteiger partial charge in [0.05, 0.1) is 0 Å². The third-order valence-corrected chi connectivity index (χ3v) is 5.81. The molecule has 0 unspecified atom stereocenters. The largest absolute Gasteiger partial charge is 0.134 e. The highest BCUT2D eigenvalue weighted by Gasteiger charge is 2.12. The van der Waals surface area contributed by atoms with Crippen molar-refractivity contribution >= 4 is 59.1 Å². The lowest BCUT2D eigenvalue weighted by Crippen LogP contribution is -1.79. The molecule has 0 saturated carbocycles. The summed E-state index contributed by atoms with van der Waals surface area (Å²) in [6, 6.07) is 24.1. The van der Waals surface area contributed by atoms with Crippen LogP contribution in [0.15, 0.2) is 73.3 Å². The van der Waals surface area contributed by atoms with Gasteiger partial charge in [0, 0.05) is 20.2 Å². The highest BCUT2D eigenvalue weighted by molar-refractivity contribution is 7.26. The Labute approximate surface area is 138 Å². The molecule has 0 bridgehead atoms. The van der Waals surface area contributed by atoms with E-state index in [-0.39, 0.29) is 0 Å². The molecule has 0 atom stereocenters. The first-order valence-corrected chi connectivity index (χ1v) is 8.56. The van der Waals surface area contributed by atoms with Gasteiger partial charge in [0.2, 0.25) is 0 Å². The van der Waals surface area contributed by atoms with E-state index in [1.54, 1.807) is 0 Å². The predicted octanol–water partition coefficient (Wildman–Crippen LogP) is 7.00. The van der Waals surface area contributed by atoms with Gasteiger partial charge in [-0.3, -0.25) is 0 Å². The fourth-order valence-electron chi connectivity index (χ4n) is 3.56. The zero-order valence-electron chi connectivity index (χ0n) is 12.5. The molecule has 0 N–H and O–H groups in total. The Bertz CT molecular complexity index is 1220. The van der Waals surface area contributed by atoms with Crippen LogP contribution in [-0.4, -0.2) is 0 Å².